The fourth-order valence-corrected chi connectivity index (χ4v) is 2.27. The molecule has 0 atom stereocenters. The summed E-state index contributed by atoms with van der Waals surface area (Å²) in [6.07, 6.45) is 2.87. The SMILES string of the molecule is COc1cccc(-n2ccnc(NC(=O)c3cccc(F)c3)c2=O)c1. The number of nitrogens with one attached hydrogen (secondary N) is 1. The van der Waals surface area contributed by atoms with Crippen LogP contribution in [0.2, 0.25) is 0 Å². The molecule has 0 saturated heterocycles. The Bertz CT molecular complexity index is 985. The molecular weight excluding hydrogens is 325 g/mol. The maximum absolute atomic E-state index is 13.2. The summed E-state index contributed by atoms with van der Waals surface area (Å²) in [6.45, 7) is 0. The molecule has 0 bridgehead atoms. The largest absolute Gasteiger partial charge is 0.497 e. The topological polar surface area (TPSA) is 73.2 Å². The van der Waals surface area contributed by atoms with Gasteiger partial charge in [-0.3, -0.25) is 14.2 Å². The number of carbonyl (C=O) groups excluding carboxylic acids is 1. The van der Waals surface area contributed by atoms with E-state index in [0.29, 0.717) is 11.4 Å². The Kier molecular flexibility index (Phi) is 4.56. The third-order valence-electron chi connectivity index (χ3n) is 3.49. The number of carbonyl (C=O) groups is 1. The van der Waals surface area contributed by atoms with Crippen molar-refractivity contribution in [1.29, 1.82) is 0 Å². The molecule has 0 aliphatic carbocycles. The van der Waals surface area contributed by atoms with Gasteiger partial charge >= 0.3 is 0 Å². The first-order valence-corrected chi connectivity index (χ1v) is 7.37. The Morgan fingerprint density at radius 1 is 1.20 bits per heavy atom. The van der Waals surface area contributed by atoms with Crippen LogP contribution in [0.3, 0.4) is 0 Å². The summed E-state index contributed by atoms with van der Waals surface area (Å²) in [6, 6.07) is 12.1. The zero-order chi connectivity index (χ0) is 17.8. The number of hydrogen-bond donors (Lipinski definition) is 1. The van der Waals surface area contributed by atoms with Gasteiger partial charge < -0.3 is 10.1 Å². The fraction of sp³-hybridized carbons (Fsp3) is 0.0556. The number of nitrogens with zero attached hydrogens (tertiary/aromatic N) is 2. The molecule has 1 amide bonds. The van der Waals surface area contributed by atoms with Gasteiger partial charge in [-0.15, -0.1) is 0 Å². The molecule has 2 aromatic carbocycles. The van der Waals surface area contributed by atoms with Crippen molar-refractivity contribution >= 4 is 11.7 Å². The van der Waals surface area contributed by atoms with Crippen molar-refractivity contribution < 1.29 is 13.9 Å². The van der Waals surface area contributed by atoms with Crippen LogP contribution in [0.25, 0.3) is 5.69 Å². The molecule has 1 aromatic heterocycles. The van der Waals surface area contributed by atoms with E-state index in [1.807, 2.05) is 0 Å². The van der Waals surface area contributed by atoms with Crippen molar-refractivity contribution in [3.05, 3.63) is 82.7 Å². The zero-order valence-electron chi connectivity index (χ0n) is 13.3. The summed E-state index contributed by atoms with van der Waals surface area (Å²) in [4.78, 5) is 28.7. The molecule has 6 nitrogen and oxygen atoms in total. The van der Waals surface area contributed by atoms with Gasteiger partial charge in [-0.25, -0.2) is 9.37 Å². The monoisotopic (exact) mass is 339 g/mol. The molecule has 1 heterocycles. The van der Waals surface area contributed by atoms with Crippen LogP contribution in [-0.4, -0.2) is 22.6 Å². The lowest BCUT2D eigenvalue weighted by atomic mass is 10.2. The molecule has 0 aliphatic rings. The number of hydrogen-bond acceptors (Lipinski definition) is 4. The van der Waals surface area contributed by atoms with Crippen molar-refractivity contribution in [2.45, 2.75) is 0 Å². The molecule has 0 radical (unpaired) electrons. The highest BCUT2D eigenvalue weighted by Crippen LogP contribution is 2.15. The van der Waals surface area contributed by atoms with Gasteiger partial charge in [-0.05, 0) is 30.3 Å². The lowest BCUT2D eigenvalue weighted by Crippen LogP contribution is -2.26. The van der Waals surface area contributed by atoms with Gasteiger partial charge in [0.2, 0.25) is 0 Å². The minimum atomic E-state index is -0.618. The summed E-state index contributed by atoms with van der Waals surface area (Å²) in [5.74, 6) is -0.721. The Labute approximate surface area is 142 Å². The van der Waals surface area contributed by atoms with Gasteiger partial charge in [0, 0.05) is 24.0 Å². The molecule has 25 heavy (non-hydrogen) atoms. The standard InChI is InChI=1S/C18H14FN3O3/c1-25-15-7-3-6-14(11-15)22-9-8-20-16(18(22)24)21-17(23)12-4-2-5-13(19)10-12/h2-11H,1H3,(H,20,21,23). The first-order chi connectivity index (χ1) is 12.1. The molecular formula is C18H14FN3O3. The van der Waals surface area contributed by atoms with Crippen LogP contribution >= 0.6 is 0 Å². The number of aromatic nitrogens is 2. The van der Waals surface area contributed by atoms with E-state index in [9.17, 15) is 14.0 Å². The van der Waals surface area contributed by atoms with Crippen LogP contribution in [0.5, 0.6) is 5.75 Å². The second kappa shape index (κ2) is 6.96. The first-order valence-electron chi connectivity index (χ1n) is 7.37. The number of methoxy groups -OCH3 is 1. The smallest absolute Gasteiger partial charge is 0.298 e. The minimum Gasteiger partial charge on any atom is -0.497 e. The van der Waals surface area contributed by atoms with Gasteiger partial charge in [0.1, 0.15) is 11.6 Å². The van der Waals surface area contributed by atoms with E-state index in [4.69, 9.17) is 4.74 Å². The molecule has 7 heteroatoms. The summed E-state index contributed by atoms with van der Waals surface area (Å²) in [7, 11) is 1.53. The molecule has 3 aromatic rings. The van der Waals surface area contributed by atoms with E-state index in [2.05, 4.69) is 10.3 Å². The van der Waals surface area contributed by atoms with Crippen LogP contribution in [0.15, 0.2) is 65.7 Å². The van der Waals surface area contributed by atoms with E-state index in [1.54, 1.807) is 24.3 Å². The Morgan fingerprint density at radius 3 is 2.76 bits per heavy atom. The third kappa shape index (κ3) is 3.55. The molecule has 3 rings (SSSR count). The predicted molar refractivity (Wildman–Crippen MR) is 90.7 cm³/mol. The Morgan fingerprint density at radius 2 is 2.00 bits per heavy atom. The van der Waals surface area contributed by atoms with Gasteiger partial charge in [0.05, 0.1) is 12.8 Å². The van der Waals surface area contributed by atoms with Crippen LogP contribution in [0.1, 0.15) is 10.4 Å². The van der Waals surface area contributed by atoms with Crippen LogP contribution < -0.4 is 15.6 Å². The second-order valence-corrected chi connectivity index (χ2v) is 5.12. The Balaban J connectivity index is 1.93. The quantitative estimate of drug-likeness (QED) is 0.793. The molecule has 0 unspecified atom stereocenters. The number of ether oxygens (including phenoxy) is 1. The fourth-order valence-electron chi connectivity index (χ4n) is 2.27. The number of rotatable bonds is 4. The number of halogens is 1. The average molecular weight is 339 g/mol. The van der Waals surface area contributed by atoms with Crippen molar-refractivity contribution in [2.75, 3.05) is 12.4 Å². The molecule has 0 fully saturated rings. The van der Waals surface area contributed by atoms with E-state index in [-0.39, 0.29) is 11.4 Å². The van der Waals surface area contributed by atoms with Crippen molar-refractivity contribution in [2.24, 2.45) is 0 Å². The van der Waals surface area contributed by atoms with Crippen molar-refractivity contribution in [1.82, 2.24) is 9.55 Å². The van der Waals surface area contributed by atoms with E-state index < -0.39 is 17.3 Å². The van der Waals surface area contributed by atoms with Gasteiger partial charge in [-0.1, -0.05) is 12.1 Å². The second-order valence-electron chi connectivity index (χ2n) is 5.12. The van der Waals surface area contributed by atoms with E-state index >= 15 is 0 Å². The Hall–Kier alpha value is -3.48. The van der Waals surface area contributed by atoms with Crippen molar-refractivity contribution in [3.8, 4) is 11.4 Å². The average Bonchev–Trinajstić information content (AvgIpc) is 2.63. The lowest BCUT2D eigenvalue weighted by Gasteiger charge is -2.09. The summed E-state index contributed by atoms with van der Waals surface area (Å²) in [5.41, 5.74) is 0.145. The minimum absolute atomic E-state index is 0.0954. The summed E-state index contributed by atoms with van der Waals surface area (Å²) in [5, 5.41) is 2.41. The molecule has 126 valence electrons. The molecule has 1 N–H and O–H groups in total. The maximum atomic E-state index is 13.2. The van der Waals surface area contributed by atoms with Crippen molar-refractivity contribution in [3.63, 3.8) is 0 Å². The normalized spacial score (nSPS) is 10.3. The van der Waals surface area contributed by atoms with E-state index in [0.717, 1.165) is 6.07 Å². The highest BCUT2D eigenvalue weighted by molar-refractivity contribution is 6.03. The van der Waals surface area contributed by atoms with Crippen LogP contribution in [0.4, 0.5) is 10.2 Å². The third-order valence-corrected chi connectivity index (χ3v) is 3.49. The van der Waals surface area contributed by atoms with Crippen LogP contribution in [0, 0.1) is 5.82 Å². The van der Waals surface area contributed by atoms with Gasteiger partial charge in [0.15, 0.2) is 5.82 Å². The highest BCUT2D eigenvalue weighted by atomic mass is 19.1. The first kappa shape index (κ1) is 16.4. The molecule has 0 aliphatic heterocycles. The van der Waals surface area contributed by atoms with Crippen LogP contribution in [-0.2, 0) is 0 Å². The zero-order valence-corrected chi connectivity index (χ0v) is 13.3. The predicted octanol–water partition coefficient (Wildman–Crippen LogP) is 2.63. The number of anilines is 1. The van der Waals surface area contributed by atoms with Gasteiger partial charge in [0.25, 0.3) is 11.5 Å². The highest BCUT2D eigenvalue weighted by Gasteiger charge is 2.12. The summed E-state index contributed by atoms with van der Waals surface area (Å²) >= 11 is 0. The lowest BCUT2D eigenvalue weighted by molar-refractivity contribution is 0.102. The summed E-state index contributed by atoms with van der Waals surface area (Å²) < 4.78 is 19.7. The maximum Gasteiger partial charge on any atom is 0.298 e. The number of amides is 1. The molecule has 0 spiro atoms. The number of benzene rings is 2. The van der Waals surface area contributed by atoms with E-state index in [1.165, 1.54) is 42.3 Å². The molecule has 0 saturated carbocycles. The van der Waals surface area contributed by atoms with Gasteiger partial charge in [-0.2, -0.15) is 0 Å².